The van der Waals surface area contributed by atoms with E-state index in [1.54, 1.807) is 6.07 Å². The van der Waals surface area contributed by atoms with Crippen LogP contribution in [-0.2, 0) is 22.4 Å². The van der Waals surface area contributed by atoms with Gasteiger partial charge in [-0.1, -0.05) is 30.3 Å². The summed E-state index contributed by atoms with van der Waals surface area (Å²) in [7, 11) is 0. The van der Waals surface area contributed by atoms with E-state index in [-0.39, 0.29) is 18.4 Å². The van der Waals surface area contributed by atoms with Crippen molar-refractivity contribution in [2.45, 2.75) is 77.9 Å². The molecule has 0 fully saturated rings. The topological polar surface area (TPSA) is 84.9 Å². The molecule has 0 spiro atoms. The highest BCUT2D eigenvalue weighted by molar-refractivity contribution is 5.71. The van der Waals surface area contributed by atoms with Crippen LogP contribution in [0.15, 0.2) is 42.5 Å². The lowest BCUT2D eigenvalue weighted by atomic mass is 9.79. The molecule has 2 aromatic rings. The van der Waals surface area contributed by atoms with Crippen molar-refractivity contribution in [3.8, 4) is 17.2 Å². The molecule has 0 aliphatic carbocycles. The summed E-state index contributed by atoms with van der Waals surface area (Å²) in [4.78, 5) is 22.7. The van der Waals surface area contributed by atoms with E-state index in [4.69, 9.17) is 14.2 Å². The lowest BCUT2D eigenvalue weighted by Gasteiger charge is -2.41. The molecule has 0 amide bonds. The summed E-state index contributed by atoms with van der Waals surface area (Å²) >= 11 is 0. The zero-order chi connectivity index (χ0) is 24.0. The van der Waals surface area contributed by atoms with Crippen LogP contribution in [0.1, 0.15) is 64.5 Å². The summed E-state index contributed by atoms with van der Waals surface area (Å²) in [5.41, 5.74) is 1.49. The average molecular weight is 454 g/mol. The highest BCUT2D eigenvalue weighted by Crippen LogP contribution is 2.45. The van der Waals surface area contributed by atoms with E-state index in [9.17, 15) is 14.7 Å². The first-order valence-electron chi connectivity index (χ1n) is 11.6. The van der Waals surface area contributed by atoms with Gasteiger partial charge in [0.05, 0.1) is 6.10 Å². The number of hydrogen-bond acceptors (Lipinski definition) is 6. The van der Waals surface area contributed by atoms with Crippen molar-refractivity contribution in [3.63, 3.8) is 0 Å². The number of carbonyl (C=O) groups excluding carboxylic acids is 2. The number of carbonyl (C=O) groups is 2. The second-order valence-electron chi connectivity index (χ2n) is 9.32. The molecule has 1 heterocycles. The van der Waals surface area contributed by atoms with Crippen LogP contribution in [-0.4, -0.2) is 23.6 Å². The number of esters is 1. The van der Waals surface area contributed by atoms with Crippen LogP contribution in [0.2, 0.25) is 0 Å². The van der Waals surface area contributed by atoms with E-state index in [0.29, 0.717) is 30.1 Å². The van der Waals surface area contributed by atoms with Crippen LogP contribution in [0.5, 0.6) is 17.2 Å². The van der Waals surface area contributed by atoms with E-state index >= 15 is 0 Å². The average Bonchev–Trinajstić information content (AvgIpc) is 2.72. The van der Waals surface area contributed by atoms with Crippen molar-refractivity contribution in [2.24, 2.45) is 5.92 Å². The highest BCUT2D eigenvalue weighted by Gasteiger charge is 2.38. The predicted octanol–water partition coefficient (Wildman–Crippen LogP) is 4.26. The fraction of sp³-hybridized carbons (Fsp3) is 0.481. The van der Waals surface area contributed by atoms with Gasteiger partial charge in [-0.25, -0.2) is 0 Å². The minimum Gasteiger partial charge on any atom is -0.550 e. The van der Waals surface area contributed by atoms with Gasteiger partial charge in [0.2, 0.25) is 0 Å². The zero-order valence-electron chi connectivity index (χ0n) is 19.9. The number of carboxylic acids is 1. The Balaban J connectivity index is 1.73. The molecule has 1 aliphatic rings. The molecule has 0 bridgehead atoms. The van der Waals surface area contributed by atoms with Gasteiger partial charge >= 0.3 is 5.97 Å². The molecule has 2 aromatic carbocycles. The van der Waals surface area contributed by atoms with Gasteiger partial charge in [0.1, 0.15) is 22.8 Å². The Kier molecular flexibility index (Phi) is 8.01. The molecule has 1 aliphatic heterocycles. The molecule has 0 radical (unpaired) electrons. The van der Waals surface area contributed by atoms with Crippen LogP contribution in [0.25, 0.3) is 0 Å². The third-order valence-corrected chi connectivity index (χ3v) is 6.16. The number of carboxylic acid groups (broad SMARTS) is 1. The van der Waals surface area contributed by atoms with E-state index in [1.807, 2.05) is 45.0 Å². The Bertz CT molecular complexity index is 966. The summed E-state index contributed by atoms with van der Waals surface area (Å²) in [5, 5.41) is 11.0. The second kappa shape index (κ2) is 10.7. The normalized spacial score (nSPS) is 17.4. The molecule has 2 unspecified atom stereocenters. The zero-order valence-corrected chi connectivity index (χ0v) is 19.9. The smallest absolute Gasteiger partial charge is 0.308 e. The third kappa shape index (κ3) is 6.98. The maximum Gasteiger partial charge on any atom is 0.308 e. The minimum atomic E-state index is -1.08. The summed E-state index contributed by atoms with van der Waals surface area (Å²) < 4.78 is 17.9. The molecule has 178 valence electrons. The molecule has 33 heavy (non-hydrogen) atoms. The SMILES string of the molecule is CC(=O)Oc1cc(OC(C)CCCc2ccccc2)cc2c1CC(CCC(=O)[O-])C(C)(C)O2. The lowest BCUT2D eigenvalue weighted by Crippen LogP contribution is -2.43. The van der Waals surface area contributed by atoms with Crippen molar-refractivity contribution in [3.05, 3.63) is 53.6 Å². The van der Waals surface area contributed by atoms with E-state index in [1.165, 1.54) is 12.5 Å². The molecule has 6 heteroatoms. The largest absolute Gasteiger partial charge is 0.550 e. The minimum absolute atomic E-state index is 0.0237. The number of hydrogen-bond donors (Lipinski definition) is 0. The standard InChI is InChI=1S/C27H34O6/c1-18(9-8-12-20-10-6-5-7-11-20)31-22-16-24(32-19(2)28)23-15-21(13-14-26(29)30)27(3,4)33-25(23)17-22/h5-7,10-11,16-18,21H,8-9,12-15H2,1-4H3,(H,29,30)/p-1. The maximum absolute atomic E-state index is 11.7. The van der Waals surface area contributed by atoms with Crippen LogP contribution >= 0.6 is 0 Å². The summed E-state index contributed by atoms with van der Waals surface area (Å²) in [6.45, 7) is 7.27. The van der Waals surface area contributed by atoms with Gasteiger partial charge in [0.15, 0.2) is 0 Å². The fourth-order valence-electron chi connectivity index (χ4n) is 4.33. The number of rotatable bonds is 10. The maximum atomic E-state index is 11.7. The van der Waals surface area contributed by atoms with Crippen molar-refractivity contribution < 1.29 is 28.9 Å². The Hall–Kier alpha value is -3.02. The monoisotopic (exact) mass is 453 g/mol. The van der Waals surface area contributed by atoms with Gasteiger partial charge in [-0.3, -0.25) is 4.79 Å². The number of aryl methyl sites for hydroxylation is 1. The molecular weight excluding hydrogens is 420 g/mol. The van der Waals surface area contributed by atoms with Crippen LogP contribution in [0.3, 0.4) is 0 Å². The van der Waals surface area contributed by atoms with Gasteiger partial charge in [0.25, 0.3) is 0 Å². The number of aliphatic carboxylic acids is 1. The Labute approximate surface area is 195 Å². The Morgan fingerprint density at radius 3 is 2.61 bits per heavy atom. The molecule has 2 atom stereocenters. The molecule has 3 rings (SSSR count). The molecule has 0 saturated carbocycles. The van der Waals surface area contributed by atoms with Crippen LogP contribution in [0.4, 0.5) is 0 Å². The van der Waals surface area contributed by atoms with Crippen molar-refractivity contribution in [1.82, 2.24) is 0 Å². The first-order chi connectivity index (χ1) is 15.6. The molecule has 0 saturated heterocycles. The summed E-state index contributed by atoms with van der Waals surface area (Å²) in [5.74, 6) is 0.0284. The van der Waals surface area contributed by atoms with Gasteiger partial charge in [0, 0.05) is 36.5 Å². The molecule has 0 aromatic heterocycles. The highest BCUT2D eigenvalue weighted by atomic mass is 16.5. The lowest BCUT2D eigenvalue weighted by molar-refractivity contribution is -0.306. The molecular formula is C27H33O6-. The Morgan fingerprint density at radius 1 is 1.21 bits per heavy atom. The first-order valence-corrected chi connectivity index (χ1v) is 11.6. The van der Waals surface area contributed by atoms with Gasteiger partial charge in [-0.05, 0) is 64.9 Å². The Morgan fingerprint density at radius 2 is 1.94 bits per heavy atom. The fourth-order valence-corrected chi connectivity index (χ4v) is 4.33. The predicted molar refractivity (Wildman–Crippen MR) is 123 cm³/mol. The second-order valence-corrected chi connectivity index (χ2v) is 9.32. The molecule has 6 nitrogen and oxygen atoms in total. The first kappa shape index (κ1) is 24.6. The van der Waals surface area contributed by atoms with Gasteiger partial charge < -0.3 is 24.1 Å². The number of benzene rings is 2. The van der Waals surface area contributed by atoms with Gasteiger partial charge in [-0.2, -0.15) is 0 Å². The van der Waals surface area contributed by atoms with Crippen molar-refractivity contribution in [2.75, 3.05) is 0 Å². The summed E-state index contributed by atoms with van der Waals surface area (Å²) in [6, 6.07) is 13.9. The number of fused-ring (bicyclic) bond motifs is 1. The number of ether oxygens (including phenoxy) is 3. The van der Waals surface area contributed by atoms with Crippen molar-refractivity contribution >= 4 is 11.9 Å². The van der Waals surface area contributed by atoms with Crippen LogP contribution in [0, 0.1) is 5.92 Å². The van der Waals surface area contributed by atoms with E-state index in [2.05, 4.69) is 12.1 Å². The quantitative estimate of drug-likeness (QED) is 0.395. The van der Waals surface area contributed by atoms with Gasteiger partial charge in [-0.15, -0.1) is 0 Å². The van der Waals surface area contributed by atoms with Crippen molar-refractivity contribution in [1.29, 1.82) is 0 Å². The van der Waals surface area contributed by atoms with E-state index in [0.717, 1.165) is 24.8 Å². The van der Waals surface area contributed by atoms with E-state index < -0.39 is 17.5 Å². The molecule has 0 N–H and O–H groups in total. The van der Waals surface area contributed by atoms with Crippen LogP contribution < -0.4 is 19.3 Å². The third-order valence-electron chi connectivity index (χ3n) is 6.16. The summed E-state index contributed by atoms with van der Waals surface area (Å²) in [6.07, 6.45) is 3.77.